The van der Waals surface area contributed by atoms with Crippen molar-refractivity contribution in [1.29, 1.82) is 0 Å². The molecule has 4 aliphatic carbocycles. The lowest BCUT2D eigenvalue weighted by molar-refractivity contribution is -0.203. The maximum Gasteiger partial charge on any atom is 0.306 e. The number of Topliss-reactive ketones (excluding diaryl/α,β-unsaturated/α-hetero) is 1. The van der Waals surface area contributed by atoms with Crippen LogP contribution >= 0.6 is 11.6 Å². The zero-order valence-electron chi connectivity index (χ0n) is 19.8. The number of allylic oxidation sites excluding steroid dienone is 4. The number of hydrogen-bond acceptors (Lipinski definition) is 5. The van der Waals surface area contributed by atoms with Gasteiger partial charge in [-0.3, -0.25) is 14.4 Å². The summed E-state index contributed by atoms with van der Waals surface area (Å²) in [6.07, 6.45) is 4.96. The van der Waals surface area contributed by atoms with E-state index >= 15 is 0 Å². The van der Waals surface area contributed by atoms with Gasteiger partial charge in [-0.1, -0.05) is 33.8 Å². The number of hydrogen-bond donors (Lipinski definition) is 1. The van der Waals surface area contributed by atoms with E-state index in [2.05, 4.69) is 0 Å². The van der Waals surface area contributed by atoms with Crippen LogP contribution in [-0.4, -0.2) is 40.2 Å². The Bertz CT molecular complexity index is 943. The lowest BCUT2D eigenvalue weighted by Crippen LogP contribution is -2.64. The summed E-state index contributed by atoms with van der Waals surface area (Å²) in [5.41, 5.74) is -2.46. The van der Waals surface area contributed by atoms with E-state index in [1.54, 1.807) is 6.08 Å². The van der Waals surface area contributed by atoms with Crippen molar-refractivity contribution in [3.63, 3.8) is 0 Å². The lowest BCUT2D eigenvalue weighted by Gasteiger charge is -2.60. The fourth-order valence-electron chi connectivity index (χ4n) is 8.13. The van der Waals surface area contributed by atoms with Gasteiger partial charge in [-0.15, -0.1) is 11.6 Å². The number of esters is 1. The number of alkyl halides is 1. The van der Waals surface area contributed by atoms with Crippen LogP contribution in [0.4, 0.5) is 4.39 Å². The molecular formula is C26H34ClFO5. The van der Waals surface area contributed by atoms with Crippen LogP contribution in [0.1, 0.15) is 66.2 Å². The van der Waals surface area contributed by atoms with E-state index in [4.69, 9.17) is 16.3 Å². The predicted octanol–water partition coefficient (Wildman–Crippen LogP) is 4.70. The molecule has 3 fully saturated rings. The van der Waals surface area contributed by atoms with Crippen molar-refractivity contribution >= 4 is 29.1 Å². The second-order valence-electron chi connectivity index (χ2n) is 10.9. The first-order valence-electron chi connectivity index (χ1n) is 12.1. The molecule has 4 rings (SSSR count). The molecule has 0 bridgehead atoms. The summed E-state index contributed by atoms with van der Waals surface area (Å²) < 4.78 is 20.9. The van der Waals surface area contributed by atoms with Crippen molar-refractivity contribution in [2.75, 3.05) is 5.88 Å². The van der Waals surface area contributed by atoms with E-state index in [1.165, 1.54) is 6.08 Å². The van der Waals surface area contributed by atoms with E-state index in [1.807, 2.05) is 27.7 Å². The number of carbonyl (C=O) groups is 3. The smallest absolute Gasteiger partial charge is 0.306 e. The third-order valence-electron chi connectivity index (χ3n) is 9.39. The summed E-state index contributed by atoms with van der Waals surface area (Å²) in [5, 5.41) is 11.5. The molecule has 0 amide bonds. The number of aliphatic hydroxyl groups is 1. The highest BCUT2D eigenvalue weighted by Gasteiger charge is 2.72. The Labute approximate surface area is 199 Å². The maximum absolute atomic E-state index is 14.8. The van der Waals surface area contributed by atoms with Gasteiger partial charge in [0.25, 0.3) is 0 Å². The molecule has 0 spiro atoms. The normalized spacial score (nSPS) is 44.2. The van der Waals surface area contributed by atoms with Crippen LogP contribution in [0, 0.1) is 34.5 Å². The summed E-state index contributed by atoms with van der Waals surface area (Å²) in [6.45, 7) is 7.68. The molecule has 0 aromatic heterocycles. The van der Waals surface area contributed by atoms with Gasteiger partial charge in [0, 0.05) is 29.1 Å². The fraction of sp³-hybridized carbons (Fsp3) is 0.731. The minimum absolute atomic E-state index is 0.00419. The molecule has 8 atom stereocenters. The van der Waals surface area contributed by atoms with Crippen LogP contribution in [0.5, 0.6) is 0 Å². The summed E-state index contributed by atoms with van der Waals surface area (Å²) in [7, 11) is 0. The first-order chi connectivity index (χ1) is 15.5. The topological polar surface area (TPSA) is 80.7 Å². The Kier molecular flexibility index (Phi) is 6.18. The molecule has 1 N–H and O–H groups in total. The zero-order chi connectivity index (χ0) is 24.3. The average molecular weight is 481 g/mol. The molecule has 0 aromatic rings. The Morgan fingerprint density at radius 3 is 2.67 bits per heavy atom. The second kappa shape index (κ2) is 8.30. The SMILES string of the molecule is CCCC(=O)O[C@]1(C(=O)CCl)C(C)C[C@H]2[C@@H]3CCC4=C(F)C(=O)C=C[C@]4(C)[C@H]3C(O)C[C@@]21C. The largest absolute Gasteiger partial charge is 0.450 e. The van der Waals surface area contributed by atoms with Crippen LogP contribution in [0.25, 0.3) is 0 Å². The lowest BCUT2D eigenvalue weighted by atomic mass is 9.46. The Balaban J connectivity index is 1.79. The van der Waals surface area contributed by atoms with E-state index < -0.39 is 40.1 Å². The zero-order valence-corrected chi connectivity index (χ0v) is 20.6. The molecule has 4 aliphatic rings. The first kappa shape index (κ1) is 24.6. The van der Waals surface area contributed by atoms with Crippen LogP contribution in [0.15, 0.2) is 23.6 Å². The van der Waals surface area contributed by atoms with Gasteiger partial charge in [0.2, 0.25) is 5.78 Å². The molecule has 0 heterocycles. The molecule has 5 nitrogen and oxygen atoms in total. The number of rotatable bonds is 5. The van der Waals surface area contributed by atoms with Crippen molar-refractivity contribution < 1.29 is 28.6 Å². The third-order valence-corrected chi connectivity index (χ3v) is 9.63. The van der Waals surface area contributed by atoms with Crippen molar-refractivity contribution in [2.24, 2.45) is 34.5 Å². The summed E-state index contributed by atoms with van der Waals surface area (Å²) in [6, 6.07) is 0. The quantitative estimate of drug-likeness (QED) is 0.455. The highest BCUT2D eigenvalue weighted by molar-refractivity contribution is 6.29. The van der Waals surface area contributed by atoms with E-state index in [0.29, 0.717) is 31.3 Å². The van der Waals surface area contributed by atoms with Gasteiger partial charge in [0.1, 0.15) is 0 Å². The van der Waals surface area contributed by atoms with Gasteiger partial charge < -0.3 is 9.84 Å². The van der Waals surface area contributed by atoms with Crippen molar-refractivity contribution in [3.05, 3.63) is 23.6 Å². The molecule has 33 heavy (non-hydrogen) atoms. The number of ketones is 2. The van der Waals surface area contributed by atoms with Crippen LogP contribution in [-0.2, 0) is 19.1 Å². The molecule has 2 unspecified atom stereocenters. The minimum atomic E-state index is -1.39. The molecule has 0 aromatic carbocycles. The molecule has 0 aliphatic heterocycles. The highest BCUT2D eigenvalue weighted by atomic mass is 35.5. The average Bonchev–Trinajstić information content (AvgIpc) is 2.97. The van der Waals surface area contributed by atoms with Crippen LogP contribution < -0.4 is 0 Å². The van der Waals surface area contributed by atoms with Gasteiger partial charge >= 0.3 is 5.97 Å². The number of carbonyl (C=O) groups excluding carboxylic acids is 3. The fourth-order valence-corrected chi connectivity index (χ4v) is 8.33. The Morgan fingerprint density at radius 1 is 1.33 bits per heavy atom. The van der Waals surface area contributed by atoms with Crippen molar-refractivity contribution in [3.8, 4) is 0 Å². The Hall–Kier alpha value is -1.53. The molecule has 0 radical (unpaired) electrons. The molecular weight excluding hydrogens is 447 g/mol. The monoisotopic (exact) mass is 480 g/mol. The van der Waals surface area contributed by atoms with Crippen LogP contribution in [0.2, 0.25) is 0 Å². The minimum Gasteiger partial charge on any atom is -0.450 e. The number of aliphatic hydroxyl groups excluding tert-OH is 1. The van der Waals surface area contributed by atoms with Crippen molar-refractivity contribution in [1.82, 2.24) is 0 Å². The highest BCUT2D eigenvalue weighted by Crippen LogP contribution is 2.69. The standard InChI is InChI=1S/C26H34ClFO5/c1-5-6-21(32)33-26(20(31)13-27)14(2)11-17-15-7-8-16-23(28)18(29)9-10-24(16,3)22(15)19(30)12-25(17,26)4/h9-10,14-15,17,19,22,30H,5-8,11-13H2,1-4H3/t14?,15-,17-,19?,22+,24-,25-,26-/m0/s1. The molecule has 0 saturated heterocycles. The molecule has 3 saturated carbocycles. The van der Waals surface area contributed by atoms with Gasteiger partial charge in [0.05, 0.1) is 12.0 Å². The summed E-state index contributed by atoms with van der Waals surface area (Å²) >= 11 is 6.07. The number of fused-ring (bicyclic) bond motifs is 5. The van der Waals surface area contributed by atoms with Crippen molar-refractivity contribution in [2.45, 2.75) is 77.9 Å². The number of ether oxygens (including phenoxy) is 1. The number of halogens is 2. The third kappa shape index (κ3) is 3.23. The predicted molar refractivity (Wildman–Crippen MR) is 122 cm³/mol. The van der Waals surface area contributed by atoms with E-state index in [-0.39, 0.29) is 48.2 Å². The summed E-state index contributed by atoms with van der Waals surface area (Å²) in [5.74, 6) is -2.85. The molecule has 7 heteroatoms. The van der Waals surface area contributed by atoms with Gasteiger partial charge in [0.15, 0.2) is 17.2 Å². The molecule has 182 valence electrons. The summed E-state index contributed by atoms with van der Waals surface area (Å²) in [4.78, 5) is 38.1. The van der Waals surface area contributed by atoms with Gasteiger partial charge in [-0.05, 0) is 55.6 Å². The van der Waals surface area contributed by atoms with E-state index in [9.17, 15) is 23.9 Å². The second-order valence-corrected chi connectivity index (χ2v) is 11.2. The van der Waals surface area contributed by atoms with E-state index in [0.717, 1.165) is 0 Å². The van der Waals surface area contributed by atoms with Gasteiger partial charge in [-0.25, -0.2) is 4.39 Å². The Morgan fingerprint density at radius 2 is 2.03 bits per heavy atom. The van der Waals surface area contributed by atoms with Gasteiger partial charge in [-0.2, -0.15) is 0 Å². The maximum atomic E-state index is 14.8. The first-order valence-corrected chi connectivity index (χ1v) is 12.6. The van der Waals surface area contributed by atoms with Crippen LogP contribution in [0.3, 0.4) is 0 Å².